The van der Waals surface area contributed by atoms with Crippen LogP contribution < -0.4 is 10.5 Å². The van der Waals surface area contributed by atoms with Crippen LogP contribution in [0.4, 0.5) is 5.69 Å². The molecule has 0 amide bonds. The van der Waals surface area contributed by atoms with Gasteiger partial charge in [0, 0.05) is 32.3 Å². The quantitative estimate of drug-likeness (QED) is 0.911. The molecule has 1 atom stereocenters. The van der Waals surface area contributed by atoms with Crippen LogP contribution in [0, 0.1) is 13.8 Å². The van der Waals surface area contributed by atoms with Crippen LogP contribution in [0.15, 0.2) is 34.1 Å². The number of hydrogen-bond donors (Lipinski definition) is 1. The van der Waals surface area contributed by atoms with Gasteiger partial charge in [0.2, 0.25) is 0 Å². The summed E-state index contributed by atoms with van der Waals surface area (Å²) in [7, 11) is 3.86. The average Bonchev–Trinajstić information content (AvgIpc) is 2.97. The van der Waals surface area contributed by atoms with Crippen LogP contribution in [0.5, 0.6) is 0 Å². The molecule has 2 heterocycles. The third-order valence-electron chi connectivity index (χ3n) is 4.78. The molecule has 0 saturated heterocycles. The lowest BCUT2D eigenvalue weighted by atomic mass is 9.97. The van der Waals surface area contributed by atoms with Crippen LogP contribution >= 0.6 is 11.8 Å². The second-order valence-electron chi connectivity index (χ2n) is 6.63. The third kappa shape index (κ3) is 3.06. The minimum atomic E-state index is -0.958. The maximum atomic E-state index is 12.6. The Morgan fingerprint density at radius 3 is 2.68 bits per heavy atom. The van der Waals surface area contributed by atoms with E-state index >= 15 is 0 Å². The van der Waals surface area contributed by atoms with E-state index in [1.165, 1.54) is 33.0 Å². The van der Waals surface area contributed by atoms with Crippen molar-refractivity contribution < 1.29 is 9.90 Å². The van der Waals surface area contributed by atoms with Crippen LogP contribution in [0.3, 0.4) is 0 Å². The second-order valence-corrected chi connectivity index (χ2v) is 7.64. The number of thioether (sulfide) groups is 1. The van der Waals surface area contributed by atoms with Crippen molar-refractivity contribution in [2.75, 3.05) is 24.7 Å². The highest BCUT2D eigenvalue weighted by atomic mass is 32.2. The van der Waals surface area contributed by atoms with Crippen LogP contribution in [0.25, 0.3) is 0 Å². The van der Waals surface area contributed by atoms with Crippen LogP contribution in [-0.4, -0.2) is 35.5 Å². The van der Waals surface area contributed by atoms with Gasteiger partial charge in [-0.25, -0.2) is 4.79 Å². The van der Waals surface area contributed by atoms with Gasteiger partial charge in [-0.1, -0.05) is 18.2 Å². The van der Waals surface area contributed by atoms with Gasteiger partial charge in [0.15, 0.2) is 0 Å². The van der Waals surface area contributed by atoms with Crippen LogP contribution in [-0.2, 0) is 11.2 Å². The summed E-state index contributed by atoms with van der Waals surface area (Å²) in [4.78, 5) is 26.1. The molecule has 1 aromatic carbocycles. The smallest absolute Gasteiger partial charge is 0.327 e. The van der Waals surface area contributed by atoms with Crippen molar-refractivity contribution in [3.05, 3.63) is 56.9 Å². The van der Waals surface area contributed by atoms with E-state index in [0.717, 1.165) is 16.3 Å². The van der Waals surface area contributed by atoms with Gasteiger partial charge in [-0.15, -0.1) is 11.8 Å². The fourth-order valence-electron chi connectivity index (χ4n) is 3.31. The number of aryl methyl sites for hydroxylation is 1. The number of pyridine rings is 1. The molecule has 132 valence electrons. The highest BCUT2D eigenvalue weighted by Gasteiger charge is 2.33. The Morgan fingerprint density at radius 2 is 2.04 bits per heavy atom. The molecule has 2 aromatic rings. The Balaban J connectivity index is 2.16. The highest BCUT2D eigenvalue weighted by Crippen LogP contribution is 2.40. The summed E-state index contributed by atoms with van der Waals surface area (Å²) in [6.45, 7) is 4.17. The monoisotopic (exact) mass is 358 g/mol. The summed E-state index contributed by atoms with van der Waals surface area (Å²) in [6, 6.07) is 7.00. The van der Waals surface area contributed by atoms with E-state index in [-0.39, 0.29) is 5.56 Å². The number of carboxylic acids is 1. The van der Waals surface area contributed by atoms with Crippen molar-refractivity contribution in [3.63, 3.8) is 0 Å². The average molecular weight is 358 g/mol. The number of hydrogen-bond acceptors (Lipinski definition) is 4. The fraction of sp³-hybridized carbons (Fsp3) is 0.368. The van der Waals surface area contributed by atoms with E-state index in [1.54, 1.807) is 6.07 Å². The molecule has 0 bridgehead atoms. The molecule has 0 saturated carbocycles. The molecule has 1 unspecified atom stereocenters. The molecule has 5 nitrogen and oxygen atoms in total. The van der Waals surface area contributed by atoms with Gasteiger partial charge in [0.25, 0.3) is 5.56 Å². The number of nitrogens with zero attached hydrogens (tertiary/aromatic N) is 2. The highest BCUT2D eigenvalue weighted by molar-refractivity contribution is 7.99. The Kier molecular flexibility index (Phi) is 4.64. The number of anilines is 1. The predicted octanol–water partition coefficient (Wildman–Crippen LogP) is 2.85. The minimum Gasteiger partial charge on any atom is -0.480 e. The van der Waals surface area contributed by atoms with Gasteiger partial charge in [-0.2, -0.15) is 0 Å². The van der Waals surface area contributed by atoms with Crippen molar-refractivity contribution in [2.45, 2.75) is 31.3 Å². The molecule has 0 aliphatic carbocycles. The fourth-order valence-corrected chi connectivity index (χ4v) is 4.72. The molecule has 1 aliphatic heterocycles. The standard InChI is InChI=1S/C19H22N2O3S/c1-11-6-5-7-13(12(11)2)8-14-9-16(22)21-15(19(23)24)10-25-18(21)17(14)20(3)4/h5-7,9,15H,8,10H2,1-4H3,(H,23,24). The first-order valence-corrected chi connectivity index (χ1v) is 9.16. The summed E-state index contributed by atoms with van der Waals surface area (Å²) >= 11 is 1.45. The number of carboxylic acid groups (broad SMARTS) is 1. The molecular formula is C19H22N2O3S. The van der Waals surface area contributed by atoms with Crippen molar-refractivity contribution in [1.82, 2.24) is 4.57 Å². The number of benzene rings is 1. The topological polar surface area (TPSA) is 62.5 Å². The maximum Gasteiger partial charge on any atom is 0.327 e. The van der Waals surface area contributed by atoms with Gasteiger partial charge in [-0.3, -0.25) is 9.36 Å². The molecule has 1 aromatic heterocycles. The molecular weight excluding hydrogens is 336 g/mol. The number of aliphatic carboxylic acids is 1. The maximum absolute atomic E-state index is 12.6. The SMILES string of the molecule is Cc1cccc(Cc2cc(=O)n3c(c2N(C)C)SCC3C(=O)O)c1C. The number of rotatable bonds is 4. The molecule has 1 aliphatic rings. The normalized spacial score (nSPS) is 15.9. The predicted molar refractivity (Wildman–Crippen MR) is 101 cm³/mol. The summed E-state index contributed by atoms with van der Waals surface area (Å²) in [5.74, 6) is -0.571. The Morgan fingerprint density at radius 1 is 1.32 bits per heavy atom. The third-order valence-corrected chi connectivity index (χ3v) is 5.93. The van der Waals surface area contributed by atoms with Crippen LogP contribution in [0.1, 0.15) is 28.3 Å². The van der Waals surface area contributed by atoms with E-state index in [9.17, 15) is 14.7 Å². The van der Waals surface area contributed by atoms with E-state index < -0.39 is 12.0 Å². The molecule has 25 heavy (non-hydrogen) atoms. The van der Waals surface area contributed by atoms with E-state index in [0.29, 0.717) is 12.2 Å². The largest absolute Gasteiger partial charge is 0.480 e. The molecule has 6 heteroatoms. The van der Waals surface area contributed by atoms with E-state index in [4.69, 9.17) is 0 Å². The van der Waals surface area contributed by atoms with Crippen molar-refractivity contribution in [3.8, 4) is 0 Å². The van der Waals surface area contributed by atoms with Crippen molar-refractivity contribution in [1.29, 1.82) is 0 Å². The lowest BCUT2D eigenvalue weighted by Crippen LogP contribution is -2.30. The van der Waals surface area contributed by atoms with Gasteiger partial charge in [-0.05, 0) is 36.1 Å². The minimum absolute atomic E-state index is 0.238. The van der Waals surface area contributed by atoms with Gasteiger partial charge in [0.1, 0.15) is 11.1 Å². The van der Waals surface area contributed by atoms with Crippen molar-refractivity contribution in [2.24, 2.45) is 0 Å². The lowest BCUT2D eigenvalue weighted by molar-refractivity contribution is -0.140. The Labute approximate surface area is 151 Å². The van der Waals surface area contributed by atoms with Gasteiger partial charge < -0.3 is 10.0 Å². The number of carbonyl (C=O) groups is 1. The van der Waals surface area contributed by atoms with Crippen LogP contribution in [0.2, 0.25) is 0 Å². The summed E-state index contributed by atoms with van der Waals surface area (Å²) in [6.07, 6.45) is 0.655. The zero-order valence-corrected chi connectivity index (χ0v) is 15.7. The van der Waals surface area contributed by atoms with E-state index in [2.05, 4.69) is 26.0 Å². The molecule has 0 fully saturated rings. The Bertz CT molecular complexity index is 902. The first-order chi connectivity index (χ1) is 11.8. The first kappa shape index (κ1) is 17.6. The molecule has 3 rings (SSSR count). The second kappa shape index (κ2) is 6.59. The molecule has 1 N–H and O–H groups in total. The Hall–Kier alpha value is -2.21. The van der Waals surface area contributed by atoms with Crippen molar-refractivity contribution >= 4 is 23.4 Å². The van der Waals surface area contributed by atoms with E-state index in [1.807, 2.05) is 25.1 Å². The zero-order valence-electron chi connectivity index (χ0n) is 14.9. The van der Waals surface area contributed by atoms with Gasteiger partial charge >= 0.3 is 5.97 Å². The number of aromatic nitrogens is 1. The van der Waals surface area contributed by atoms with Gasteiger partial charge in [0.05, 0.1) is 5.69 Å². The first-order valence-electron chi connectivity index (χ1n) is 8.17. The summed E-state index contributed by atoms with van der Waals surface area (Å²) < 4.78 is 1.43. The molecule has 0 spiro atoms. The lowest BCUT2D eigenvalue weighted by Gasteiger charge is -2.22. The summed E-state index contributed by atoms with van der Waals surface area (Å²) in [5, 5.41) is 10.2. The zero-order chi connectivity index (χ0) is 18.3. The summed E-state index contributed by atoms with van der Waals surface area (Å²) in [5.41, 5.74) is 5.28. The molecule has 0 radical (unpaired) electrons. The number of fused-ring (bicyclic) bond motifs is 1.